The predicted molar refractivity (Wildman–Crippen MR) is 98.5 cm³/mol. The Balaban J connectivity index is 2.08. The summed E-state index contributed by atoms with van der Waals surface area (Å²) < 4.78 is 0. The molecule has 0 bridgehead atoms. The number of aryl methyl sites for hydroxylation is 2. The van der Waals surface area contributed by atoms with E-state index in [2.05, 4.69) is 74.4 Å². The van der Waals surface area contributed by atoms with Crippen molar-refractivity contribution in [3.05, 3.63) is 82.4 Å². The normalized spacial score (nSPS) is 17.7. The lowest BCUT2D eigenvalue weighted by Crippen LogP contribution is -2.19. The Bertz CT molecular complexity index is 678. The smallest absolute Gasteiger partial charge is 0.0164 e. The van der Waals surface area contributed by atoms with Crippen LogP contribution >= 0.6 is 0 Å². The van der Waals surface area contributed by atoms with Crippen molar-refractivity contribution in [2.45, 2.75) is 39.0 Å². The third kappa shape index (κ3) is 3.40. The van der Waals surface area contributed by atoms with Gasteiger partial charge in [-0.15, -0.1) is 6.42 Å². The van der Waals surface area contributed by atoms with Crippen LogP contribution in [-0.4, -0.2) is 0 Å². The van der Waals surface area contributed by atoms with E-state index in [1.54, 1.807) is 0 Å². The molecule has 0 saturated carbocycles. The molecule has 0 heteroatoms. The first-order valence-electron chi connectivity index (χ1n) is 8.49. The van der Waals surface area contributed by atoms with Crippen LogP contribution in [0.15, 0.2) is 60.2 Å². The molecule has 2 aromatic carbocycles. The highest BCUT2D eigenvalue weighted by Gasteiger charge is 2.28. The molecular formula is C23H24. The van der Waals surface area contributed by atoms with E-state index in [0.29, 0.717) is 11.8 Å². The summed E-state index contributed by atoms with van der Waals surface area (Å²) in [5, 5.41) is 0. The molecule has 0 N–H and O–H groups in total. The van der Waals surface area contributed by atoms with Gasteiger partial charge in [-0.1, -0.05) is 71.7 Å². The van der Waals surface area contributed by atoms with Gasteiger partial charge in [-0.25, -0.2) is 0 Å². The zero-order valence-electron chi connectivity index (χ0n) is 14.0. The number of allylic oxidation sites excluding steroid dienone is 2. The maximum atomic E-state index is 5.82. The molecule has 0 fully saturated rings. The van der Waals surface area contributed by atoms with E-state index in [4.69, 9.17) is 6.42 Å². The van der Waals surface area contributed by atoms with E-state index >= 15 is 0 Å². The molecule has 1 unspecified atom stereocenters. The van der Waals surface area contributed by atoms with E-state index in [9.17, 15) is 0 Å². The molecule has 0 aromatic heterocycles. The molecule has 0 spiro atoms. The van der Waals surface area contributed by atoms with Gasteiger partial charge in [-0.3, -0.25) is 0 Å². The van der Waals surface area contributed by atoms with Crippen molar-refractivity contribution < 1.29 is 0 Å². The fourth-order valence-corrected chi connectivity index (χ4v) is 3.62. The topological polar surface area (TPSA) is 0 Å². The van der Waals surface area contributed by atoms with Gasteiger partial charge in [-0.2, -0.15) is 0 Å². The van der Waals surface area contributed by atoms with Crippen molar-refractivity contribution in [2.24, 2.45) is 5.92 Å². The zero-order valence-corrected chi connectivity index (χ0v) is 14.0. The largest absolute Gasteiger partial charge is 0.115 e. The average Bonchev–Trinajstić information content (AvgIpc) is 2.59. The third-order valence-corrected chi connectivity index (χ3v) is 4.92. The van der Waals surface area contributed by atoms with Crippen LogP contribution in [0.1, 0.15) is 47.4 Å². The quantitative estimate of drug-likeness (QED) is 0.629. The number of benzene rings is 2. The van der Waals surface area contributed by atoms with Crippen molar-refractivity contribution >= 4 is 0 Å². The summed E-state index contributed by atoms with van der Waals surface area (Å²) in [6.45, 7) is 4.27. The van der Waals surface area contributed by atoms with Crippen LogP contribution < -0.4 is 0 Å². The molecule has 3 rings (SSSR count). The first-order valence-corrected chi connectivity index (χ1v) is 8.49. The lowest BCUT2D eigenvalue weighted by molar-refractivity contribution is 0.473. The second-order valence-electron chi connectivity index (χ2n) is 6.64. The Labute approximate surface area is 140 Å². The summed E-state index contributed by atoms with van der Waals surface area (Å²) >= 11 is 0. The molecule has 0 radical (unpaired) electrons. The molecule has 0 saturated heterocycles. The van der Waals surface area contributed by atoms with Crippen LogP contribution in [-0.2, 0) is 0 Å². The Morgan fingerprint density at radius 2 is 1.43 bits per heavy atom. The molecule has 0 amide bonds. The third-order valence-electron chi connectivity index (χ3n) is 4.92. The number of hydrogen-bond donors (Lipinski definition) is 0. The minimum Gasteiger partial charge on any atom is -0.115 e. The summed E-state index contributed by atoms with van der Waals surface area (Å²) in [7, 11) is 0. The second-order valence-corrected chi connectivity index (χ2v) is 6.64. The van der Waals surface area contributed by atoms with Crippen LogP contribution in [0.3, 0.4) is 0 Å². The molecular weight excluding hydrogens is 276 g/mol. The highest BCUT2D eigenvalue weighted by Crippen LogP contribution is 2.41. The van der Waals surface area contributed by atoms with E-state index in [-0.39, 0.29) is 0 Å². The highest BCUT2D eigenvalue weighted by atomic mass is 14.3. The highest BCUT2D eigenvalue weighted by molar-refractivity contribution is 5.42. The van der Waals surface area contributed by atoms with Gasteiger partial charge in [0, 0.05) is 17.4 Å². The Morgan fingerprint density at radius 3 is 1.91 bits per heavy atom. The van der Waals surface area contributed by atoms with Crippen LogP contribution in [0.25, 0.3) is 0 Å². The van der Waals surface area contributed by atoms with Gasteiger partial charge in [0.2, 0.25) is 0 Å². The average molecular weight is 300 g/mol. The summed E-state index contributed by atoms with van der Waals surface area (Å²) in [6.07, 6.45) is 11.6. The van der Waals surface area contributed by atoms with E-state index in [0.717, 1.165) is 6.42 Å². The standard InChI is InChI=1S/C23H24/c1-4-19-7-5-6-8-22(19)23(20-13-9-17(2)10-14-20)21-15-11-18(3)12-16-21/h1,7,9-16,22-23H,5-6,8H2,2-3H3. The van der Waals surface area contributed by atoms with Crippen LogP contribution in [0.2, 0.25) is 0 Å². The maximum absolute atomic E-state index is 5.82. The summed E-state index contributed by atoms with van der Waals surface area (Å²) in [6, 6.07) is 17.9. The molecule has 2 aromatic rings. The lowest BCUT2D eigenvalue weighted by atomic mass is 9.72. The van der Waals surface area contributed by atoms with Crippen LogP contribution in [0, 0.1) is 32.1 Å². The van der Waals surface area contributed by atoms with Gasteiger partial charge in [0.05, 0.1) is 0 Å². The Hall–Kier alpha value is -2.26. The van der Waals surface area contributed by atoms with Crippen molar-refractivity contribution in [2.75, 3.05) is 0 Å². The van der Waals surface area contributed by atoms with Crippen LogP contribution in [0.5, 0.6) is 0 Å². The molecule has 1 aliphatic rings. The molecule has 0 nitrogen and oxygen atoms in total. The monoisotopic (exact) mass is 300 g/mol. The second kappa shape index (κ2) is 6.88. The number of rotatable bonds is 3. The van der Waals surface area contributed by atoms with E-state index in [1.807, 2.05) is 0 Å². The van der Waals surface area contributed by atoms with Gasteiger partial charge in [0.25, 0.3) is 0 Å². The summed E-state index contributed by atoms with van der Waals surface area (Å²) in [4.78, 5) is 0. The summed E-state index contributed by atoms with van der Waals surface area (Å²) in [5.74, 6) is 3.72. The van der Waals surface area contributed by atoms with Crippen molar-refractivity contribution in [3.8, 4) is 12.3 Å². The van der Waals surface area contributed by atoms with Crippen LogP contribution in [0.4, 0.5) is 0 Å². The number of terminal acetylenes is 1. The van der Waals surface area contributed by atoms with Crippen molar-refractivity contribution in [1.82, 2.24) is 0 Å². The fourth-order valence-electron chi connectivity index (χ4n) is 3.62. The lowest BCUT2D eigenvalue weighted by Gasteiger charge is -2.31. The van der Waals surface area contributed by atoms with Gasteiger partial charge in [0.15, 0.2) is 0 Å². The molecule has 0 heterocycles. The fraction of sp³-hybridized carbons (Fsp3) is 0.304. The first kappa shape index (κ1) is 15.6. The van der Waals surface area contributed by atoms with Crippen molar-refractivity contribution in [3.63, 3.8) is 0 Å². The predicted octanol–water partition coefficient (Wildman–Crippen LogP) is 5.80. The van der Waals surface area contributed by atoms with E-state index < -0.39 is 0 Å². The first-order chi connectivity index (χ1) is 11.2. The Kier molecular flexibility index (Phi) is 4.68. The van der Waals surface area contributed by atoms with E-state index in [1.165, 1.54) is 40.7 Å². The molecule has 23 heavy (non-hydrogen) atoms. The molecule has 0 aliphatic heterocycles. The molecule has 1 atom stereocenters. The van der Waals surface area contributed by atoms with Gasteiger partial charge < -0.3 is 0 Å². The number of hydrogen-bond acceptors (Lipinski definition) is 0. The van der Waals surface area contributed by atoms with Gasteiger partial charge >= 0.3 is 0 Å². The minimum absolute atomic E-state index is 0.346. The van der Waals surface area contributed by atoms with Gasteiger partial charge in [-0.05, 0) is 44.2 Å². The van der Waals surface area contributed by atoms with Crippen molar-refractivity contribution in [1.29, 1.82) is 0 Å². The maximum Gasteiger partial charge on any atom is 0.0164 e. The zero-order chi connectivity index (χ0) is 16.2. The SMILES string of the molecule is C#CC1=CCCCC1C(c1ccc(C)cc1)c1ccc(C)cc1. The Morgan fingerprint density at radius 1 is 0.913 bits per heavy atom. The summed E-state index contributed by atoms with van der Waals surface area (Å²) in [5.41, 5.74) is 6.52. The molecule has 1 aliphatic carbocycles. The minimum atomic E-state index is 0.346. The van der Waals surface area contributed by atoms with Gasteiger partial charge in [0.1, 0.15) is 0 Å². The molecule has 116 valence electrons.